The van der Waals surface area contributed by atoms with Crippen molar-refractivity contribution >= 4 is 42.1 Å². The Morgan fingerprint density at radius 1 is 1.36 bits per heavy atom. The number of amides is 1. The van der Waals surface area contributed by atoms with Crippen molar-refractivity contribution in [2.75, 3.05) is 19.7 Å². The molecule has 2 atom stereocenters. The summed E-state index contributed by atoms with van der Waals surface area (Å²) in [6, 6.07) is 8.05. The molecule has 8 heteroatoms. The van der Waals surface area contributed by atoms with E-state index < -0.39 is 0 Å². The summed E-state index contributed by atoms with van der Waals surface area (Å²) in [5, 5.41) is 2.92. The number of carbonyl (C=O) groups is 1. The molecule has 0 aliphatic carbocycles. The zero-order valence-corrected chi connectivity index (χ0v) is 18.7. The molecule has 0 saturated carbocycles. The molecule has 1 aromatic heterocycles. The van der Waals surface area contributed by atoms with E-state index in [9.17, 15) is 4.79 Å². The molecule has 1 fully saturated rings. The number of thiazole rings is 1. The number of likely N-dealkylation sites (tertiary alicyclic amines) is 1. The smallest absolute Gasteiger partial charge is 0.228 e. The third-order valence-corrected chi connectivity index (χ3v) is 5.79. The van der Waals surface area contributed by atoms with E-state index in [2.05, 4.69) is 4.98 Å². The van der Waals surface area contributed by atoms with E-state index in [0.717, 1.165) is 47.9 Å². The molecule has 28 heavy (non-hydrogen) atoms. The zero-order chi connectivity index (χ0) is 18.5. The van der Waals surface area contributed by atoms with Crippen LogP contribution in [-0.2, 0) is 11.2 Å². The zero-order valence-electron chi connectivity index (χ0n) is 16.3. The highest BCUT2D eigenvalue weighted by Crippen LogP contribution is 2.26. The van der Waals surface area contributed by atoms with Gasteiger partial charge in [0.05, 0.1) is 18.7 Å². The third kappa shape index (κ3) is 6.34. The Labute approximate surface area is 183 Å². The first-order valence-electron chi connectivity index (χ1n) is 9.27. The van der Waals surface area contributed by atoms with E-state index in [4.69, 9.17) is 10.5 Å². The fourth-order valence-corrected chi connectivity index (χ4v) is 4.14. The van der Waals surface area contributed by atoms with E-state index in [1.54, 1.807) is 11.3 Å². The minimum absolute atomic E-state index is 0. The molecule has 1 aliphatic rings. The molecule has 0 bridgehead atoms. The molecule has 2 N–H and O–H groups in total. The molecule has 1 amide bonds. The Bertz CT molecular complexity index is 737. The van der Waals surface area contributed by atoms with Gasteiger partial charge in [0.15, 0.2) is 0 Å². The van der Waals surface area contributed by atoms with Gasteiger partial charge in [0.1, 0.15) is 10.8 Å². The number of piperidine rings is 1. The van der Waals surface area contributed by atoms with Crippen molar-refractivity contribution in [3.05, 3.63) is 35.3 Å². The topological polar surface area (TPSA) is 68.5 Å². The van der Waals surface area contributed by atoms with Gasteiger partial charge in [0.2, 0.25) is 5.91 Å². The van der Waals surface area contributed by atoms with Crippen LogP contribution in [0.1, 0.15) is 32.4 Å². The average molecular weight is 446 g/mol. The first-order chi connectivity index (χ1) is 12.6. The minimum atomic E-state index is 0. The summed E-state index contributed by atoms with van der Waals surface area (Å²) in [6.07, 6.45) is 2.51. The first kappa shape index (κ1) is 24.7. The van der Waals surface area contributed by atoms with Crippen molar-refractivity contribution in [3.63, 3.8) is 0 Å². The van der Waals surface area contributed by atoms with E-state index >= 15 is 0 Å². The lowest BCUT2D eigenvalue weighted by Crippen LogP contribution is -2.45. The van der Waals surface area contributed by atoms with Gasteiger partial charge in [0, 0.05) is 30.1 Å². The molecule has 2 unspecified atom stereocenters. The summed E-state index contributed by atoms with van der Waals surface area (Å²) in [4.78, 5) is 19.2. The molecule has 0 radical (unpaired) electrons. The summed E-state index contributed by atoms with van der Waals surface area (Å²) in [5.74, 6) is 1.42. The number of hydrogen-bond donors (Lipinski definition) is 1. The summed E-state index contributed by atoms with van der Waals surface area (Å²) >= 11 is 1.57. The monoisotopic (exact) mass is 445 g/mol. The van der Waals surface area contributed by atoms with Gasteiger partial charge in [-0.05, 0) is 56.9 Å². The lowest BCUT2D eigenvalue weighted by atomic mass is 9.92. The Morgan fingerprint density at radius 2 is 2.07 bits per heavy atom. The van der Waals surface area contributed by atoms with Crippen LogP contribution < -0.4 is 10.5 Å². The highest BCUT2D eigenvalue weighted by Gasteiger charge is 2.26. The molecule has 2 heterocycles. The number of nitrogens with zero attached hydrogens (tertiary/aromatic N) is 2. The standard InChI is InChI=1S/C20H27N3O2S.2ClH/c1-3-25-18-8-6-15(7-9-18)20-22-17(13-26-20)11-19(24)23-10-4-5-16(12-23)14(2)21;;/h6-9,13-14,16H,3-5,10-12,21H2,1-2H3;2*1H. The van der Waals surface area contributed by atoms with Crippen molar-refractivity contribution in [1.82, 2.24) is 9.88 Å². The molecule has 0 spiro atoms. The van der Waals surface area contributed by atoms with Crippen LogP contribution in [0.5, 0.6) is 5.75 Å². The summed E-state index contributed by atoms with van der Waals surface area (Å²) in [7, 11) is 0. The number of nitrogens with two attached hydrogens (primary N) is 1. The van der Waals surface area contributed by atoms with Gasteiger partial charge in [-0.15, -0.1) is 36.2 Å². The maximum Gasteiger partial charge on any atom is 0.228 e. The quantitative estimate of drug-likeness (QED) is 0.723. The van der Waals surface area contributed by atoms with E-state index in [0.29, 0.717) is 18.9 Å². The van der Waals surface area contributed by atoms with Crippen LogP contribution in [-0.4, -0.2) is 41.5 Å². The van der Waals surface area contributed by atoms with Gasteiger partial charge in [-0.25, -0.2) is 4.98 Å². The molecular formula is C20H29Cl2N3O2S. The molecule has 5 nitrogen and oxygen atoms in total. The van der Waals surface area contributed by atoms with Gasteiger partial charge in [0.25, 0.3) is 0 Å². The average Bonchev–Trinajstić information content (AvgIpc) is 3.11. The Hall–Kier alpha value is -1.34. The molecule has 1 aliphatic heterocycles. The second-order valence-corrected chi connectivity index (χ2v) is 7.74. The number of rotatable bonds is 6. The Kier molecular flexibility index (Phi) is 10.2. The van der Waals surface area contributed by atoms with Gasteiger partial charge in [-0.1, -0.05) is 0 Å². The highest BCUT2D eigenvalue weighted by molar-refractivity contribution is 7.13. The van der Waals surface area contributed by atoms with Crippen molar-refractivity contribution in [1.29, 1.82) is 0 Å². The van der Waals surface area contributed by atoms with Crippen LogP contribution in [0.3, 0.4) is 0 Å². The van der Waals surface area contributed by atoms with Gasteiger partial charge >= 0.3 is 0 Å². The number of ether oxygens (including phenoxy) is 1. The summed E-state index contributed by atoms with van der Waals surface area (Å²) in [5.41, 5.74) is 7.91. The number of halogens is 2. The van der Waals surface area contributed by atoms with Crippen molar-refractivity contribution in [3.8, 4) is 16.3 Å². The molecule has 3 rings (SSSR count). The second-order valence-electron chi connectivity index (χ2n) is 6.88. The van der Waals surface area contributed by atoms with Crippen molar-refractivity contribution in [2.24, 2.45) is 11.7 Å². The van der Waals surface area contributed by atoms with E-state index in [1.807, 2.05) is 48.4 Å². The van der Waals surface area contributed by atoms with Crippen LogP contribution in [0.15, 0.2) is 29.6 Å². The van der Waals surface area contributed by atoms with Crippen molar-refractivity contribution < 1.29 is 9.53 Å². The second kappa shape index (κ2) is 11.6. The maximum absolute atomic E-state index is 12.6. The van der Waals surface area contributed by atoms with E-state index in [-0.39, 0.29) is 36.8 Å². The van der Waals surface area contributed by atoms with E-state index in [1.165, 1.54) is 0 Å². The SMILES string of the molecule is CCOc1ccc(-c2nc(CC(=O)N3CCCC(C(C)N)C3)cs2)cc1.Cl.Cl. The Morgan fingerprint density at radius 3 is 2.71 bits per heavy atom. The lowest BCUT2D eigenvalue weighted by molar-refractivity contribution is -0.132. The van der Waals surface area contributed by atoms with Crippen LogP contribution >= 0.6 is 36.2 Å². The molecular weight excluding hydrogens is 417 g/mol. The highest BCUT2D eigenvalue weighted by atomic mass is 35.5. The number of aromatic nitrogens is 1. The molecule has 1 saturated heterocycles. The van der Waals surface area contributed by atoms with Crippen LogP contribution in [0.25, 0.3) is 10.6 Å². The van der Waals surface area contributed by atoms with Crippen LogP contribution in [0.2, 0.25) is 0 Å². The predicted octanol–water partition coefficient (Wildman–Crippen LogP) is 4.18. The number of hydrogen-bond acceptors (Lipinski definition) is 5. The summed E-state index contributed by atoms with van der Waals surface area (Å²) < 4.78 is 5.47. The van der Waals surface area contributed by atoms with Crippen molar-refractivity contribution in [2.45, 2.75) is 39.2 Å². The first-order valence-corrected chi connectivity index (χ1v) is 10.2. The largest absolute Gasteiger partial charge is 0.494 e. The summed E-state index contributed by atoms with van der Waals surface area (Å²) in [6.45, 7) is 6.26. The van der Waals surface area contributed by atoms with Gasteiger partial charge in [-0.3, -0.25) is 4.79 Å². The van der Waals surface area contributed by atoms with Crippen LogP contribution in [0.4, 0.5) is 0 Å². The lowest BCUT2D eigenvalue weighted by Gasteiger charge is -2.34. The fraction of sp³-hybridized carbons (Fsp3) is 0.500. The molecule has 1 aromatic carbocycles. The normalized spacial score (nSPS) is 17.2. The number of benzene rings is 1. The van der Waals surface area contributed by atoms with Gasteiger partial charge < -0.3 is 15.4 Å². The maximum atomic E-state index is 12.6. The molecule has 2 aromatic rings. The predicted molar refractivity (Wildman–Crippen MR) is 120 cm³/mol. The fourth-order valence-electron chi connectivity index (χ4n) is 3.31. The molecule has 156 valence electrons. The third-order valence-electron chi connectivity index (χ3n) is 4.85. The minimum Gasteiger partial charge on any atom is -0.494 e. The number of carbonyl (C=O) groups excluding carboxylic acids is 1. The van der Waals surface area contributed by atoms with Crippen LogP contribution in [0, 0.1) is 5.92 Å². The Balaban J connectivity index is 0.00000196. The van der Waals surface area contributed by atoms with Gasteiger partial charge in [-0.2, -0.15) is 0 Å².